The van der Waals surface area contributed by atoms with Gasteiger partial charge in [-0.3, -0.25) is 0 Å². The molecule has 24 heteroatoms. The van der Waals surface area contributed by atoms with Crippen LogP contribution in [0.25, 0.3) is 0 Å². The molecule has 0 spiro atoms. The molecule has 45 atom stereocenters. The Hall–Kier alpha value is 3.48. The summed E-state index contributed by atoms with van der Waals surface area (Å²) in [7, 11) is 0. The average Bonchev–Trinajstić information content (AvgIpc) is 0.778. The van der Waals surface area contributed by atoms with E-state index in [0.717, 1.165) is 6.42 Å². The van der Waals surface area contributed by atoms with Gasteiger partial charge in [0.05, 0.1) is 116 Å². The average molecular weight is 2080 g/mol. The summed E-state index contributed by atoms with van der Waals surface area (Å²) in [5.74, 6) is -0.887. The molecule has 0 aromatic heterocycles. The molecule has 3 radical (unpaired) electrons. The van der Waals surface area contributed by atoms with E-state index in [4.69, 9.17) is 80.5 Å². The topological polar surface area (TPSA) is 238 Å². The third-order valence-corrected chi connectivity index (χ3v) is 26.6. The van der Waals surface area contributed by atoms with Gasteiger partial charge in [0.25, 0.3) is 0 Å². The normalized spacial score (nSPS) is 52.9. The zero-order valence-electron chi connectivity index (χ0n) is 66.4. The Labute approximate surface area is 716 Å². The van der Waals surface area contributed by atoms with E-state index in [9.17, 15) is 20.4 Å². The number of hydrogen-bond acceptors (Lipinski definition) is 21. The zero-order valence-corrected chi connectivity index (χ0v) is 80.6. The van der Waals surface area contributed by atoms with Gasteiger partial charge in [0.1, 0.15) is 18.3 Å². The van der Waals surface area contributed by atoms with Gasteiger partial charge in [-0.1, -0.05) is 152 Å². The standard InChI is InChI=1S/C77H138O21.3Ac/c1-26-51-58(78)34(9)40(15)72(85-51)94-67-45(20)60(80)76(89-55(67)30-5)97-66-39(14)44(19)74(87-54(66)29-4)95-68-46(21)61(81)77(90-56(68)31-6)96-65-38(13)43(18)73(86-53(65)28-3)91-62-37(12)42(17)71(84-49(62)24)98-69-57(32-7)88-75(47(22)59(69)79)92-63-36(11)41(16)70(83-50(63)25)93-64-35(10)33(8)48(23)82-52(64)27-2;;;/h33-81H,26-32H2,1-25H3;;;/t33?,34-,35-,36?,37-,38-,39?,40?,41?,42?,43?,44?,45-,46?,47?,48+,49?,50+,51?,52?,53?,54?,55?,56?,57?,58-,59?,60?,61?,62-,63+,64-,65-,66+,67-,68+,69-,70-,71+,72+,73+,74-,75-,76+,77-;;;/m1.../s1. The third kappa shape index (κ3) is 20.2. The number of aliphatic hydroxyl groups is 4. The van der Waals surface area contributed by atoms with E-state index in [0.29, 0.717) is 50.4 Å². The van der Waals surface area contributed by atoms with Crippen LogP contribution < -0.4 is 0 Å². The minimum Gasteiger partial charge on any atom is -0.390 e. The summed E-state index contributed by atoms with van der Waals surface area (Å²) in [6.07, 6.45) is -9.98. The molecule has 9 aliphatic rings. The fraction of sp³-hybridized carbons (Fsp3) is 1.00. The van der Waals surface area contributed by atoms with Gasteiger partial charge in [0.2, 0.25) is 0 Å². The maximum atomic E-state index is 12.2. The number of aliphatic hydroxyl groups excluding tert-OH is 4. The molecule has 9 fully saturated rings. The smallest absolute Gasteiger partial charge is 0.184 e. The van der Waals surface area contributed by atoms with E-state index in [2.05, 4.69) is 111 Å². The summed E-state index contributed by atoms with van der Waals surface area (Å²) in [6, 6.07) is 0. The molecule has 9 rings (SSSR count). The first-order valence-electron chi connectivity index (χ1n) is 39.2. The van der Waals surface area contributed by atoms with Crippen molar-refractivity contribution < 1.29 is 233 Å². The van der Waals surface area contributed by atoms with Gasteiger partial charge < -0.3 is 101 Å². The molecule has 0 saturated carbocycles. The molecule has 9 heterocycles. The SMILES string of the molecule is CCC1O[C@H](O[C@@H]2C(CC)O[C@H](O[C@H]3C(CC)O[C@@H](O[C@H]4C(C)O[C@@H](O[C@@H]5C(CC)O[C@H](O[C@H]6C(C)C(C)[C@@H](O[C@H]7C(CC)O[C@@H](C)C(C)[C@H]7C)O[C@H]6C)C(C)C5O)C(C)[C@H]4C)C(C)[C@H]3C)C(O)C2C)C(C)C(C)[C@@H]1O[C@@H]1OC(CC)[C@H](O[C@@H]2OC(CC)[C@H](O)[C@H](C)C2C)[C@H](C)C1O.[Ac].[Ac].[Ac]. The van der Waals surface area contributed by atoms with Crippen molar-refractivity contribution in [2.75, 3.05) is 0 Å². The fourth-order valence-electron chi connectivity index (χ4n) is 17.8. The van der Waals surface area contributed by atoms with E-state index in [1.54, 1.807) is 0 Å². The maximum Gasteiger partial charge on any atom is 0.184 e. The van der Waals surface area contributed by atoms with Crippen LogP contribution in [-0.4, -0.2) is 205 Å². The Balaban J connectivity index is 0.00000535. The van der Waals surface area contributed by atoms with Gasteiger partial charge in [-0.2, -0.15) is 0 Å². The van der Waals surface area contributed by atoms with Gasteiger partial charge in [-0.05, 0) is 107 Å². The van der Waals surface area contributed by atoms with Crippen molar-refractivity contribution in [2.24, 2.45) is 88.8 Å². The molecule has 101 heavy (non-hydrogen) atoms. The molecule has 9 saturated heterocycles. The summed E-state index contributed by atoms with van der Waals surface area (Å²) in [5, 5.41) is 47.2. The van der Waals surface area contributed by atoms with Crippen LogP contribution in [0.4, 0.5) is 0 Å². The van der Waals surface area contributed by atoms with Gasteiger partial charge in [0.15, 0.2) is 50.3 Å². The summed E-state index contributed by atoms with van der Waals surface area (Å²) in [4.78, 5) is 0. The minimum atomic E-state index is -1.02. The molecular formula is C77H138Ac3O21. The van der Waals surface area contributed by atoms with E-state index in [-0.39, 0.29) is 270 Å². The van der Waals surface area contributed by atoms with Crippen molar-refractivity contribution in [3.63, 3.8) is 0 Å². The third-order valence-electron chi connectivity index (χ3n) is 26.6. The van der Waals surface area contributed by atoms with E-state index in [1.165, 1.54) is 0 Å². The Bertz CT molecular complexity index is 2400. The summed E-state index contributed by atoms with van der Waals surface area (Å²) in [5.41, 5.74) is 0. The van der Waals surface area contributed by atoms with Crippen LogP contribution >= 0.6 is 0 Å². The Morgan fingerprint density at radius 3 is 0.762 bits per heavy atom. The predicted octanol–water partition coefficient (Wildman–Crippen LogP) is 11.5. The van der Waals surface area contributed by atoms with Gasteiger partial charge in [0, 0.05) is 180 Å². The molecule has 4 N–H and O–H groups in total. The number of rotatable bonds is 23. The van der Waals surface area contributed by atoms with Crippen LogP contribution in [0.15, 0.2) is 0 Å². The maximum absolute atomic E-state index is 12.2. The molecule has 21 nitrogen and oxygen atoms in total. The second-order valence-corrected chi connectivity index (χ2v) is 32.6. The van der Waals surface area contributed by atoms with Gasteiger partial charge >= 0.3 is 0 Å². The molecule has 9 aliphatic heterocycles. The Kier molecular flexibility index (Phi) is 38.0. The van der Waals surface area contributed by atoms with Crippen molar-refractivity contribution >= 4 is 0 Å². The van der Waals surface area contributed by atoms with Crippen molar-refractivity contribution in [1.82, 2.24) is 0 Å². The first kappa shape index (κ1) is 93.3. The molecule has 581 valence electrons. The second kappa shape index (κ2) is 41.2. The largest absolute Gasteiger partial charge is 0.390 e. The van der Waals surface area contributed by atoms with Crippen LogP contribution in [0.1, 0.15) is 218 Å². The van der Waals surface area contributed by atoms with E-state index in [1.807, 2.05) is 62.3 Å². The Morgan fingerprint density at radius 2 is 0.416 bits per heavy atom. The Morgan fingerprint density at radius 1 is 0.188 bits per heavy atom. The molecule has 0 amide bonds. The molecule has 21 unspecified atom stereocenters. The summed E-state index contributed by atoms with van der Waals surface area (Å²) in [6.45, 7) is 52.5. The van der Waals surface area contributed by atoms with Crippen molar-refractivity contribution in [3.05, 3.63) is 0 Å². The van der Waals surface area contributed by atoms with Gasteiger partial charge in [-0.25, -0.2) is 0 Å². The van der Waals surface area contributed by atoms with Crippen molar-refractivity contribution in [2.45, 2.75) is 403 Å². The fourth-order valence-corrected chi connectivity index (χ4v) is 17.8. The predicted molar refractivity (Wildman–Crippen MR) is 367 cm³/mol. The number of ether oxygens (including phenoxy) is 17. The van der Waals surface area contributed by atoms with Crippen LogP contribution in [-0.2, 0) is 80.5 Å². The second-order valence-electron chi connectivity index (χ2n) is 32.6. The molecular weight excluding hydrogens is 1940 g/mol. The van der Waals surface area contributed by atoms with E-state index >= 15 is 0 Å². The number of hydrogen-bond donors (Lipinski definition) is 4. The van der Waals surface area contributed by atoms with Gasteiger partial charge in [-0.15, -0.1) is 0 Å². The van der Waals surface area contributed by atoms with Crippen LogP contribution in [0.5, 0.6) is 0 Å². The monoisotopic (exact) mass is 2080 g/mol. The zero-order chi connectivity index (χ0) is 72.0. The van der Waals surface area contributed by atoms with Crippen LogP contribution in [0, 0.1) is 221 Å². The summed E-state index contributed by atoms with van der Waals surface area (Å²) < 4.78 is 115. The molecule has 0 aliphatic carbocycles. The first-order chi connectivity index (χ1) is 46.4. The van der Waals surface area contributed by atoms with Crippen molar-refractivity contribution in [1.29, 1.82) is 0 Å². The quantitative estimate of drug-likeness (QED) is 0.0744. The van der Waals surface area contributed by atoms with Crippen LogP contribution in [0.3, 0.4) is 0 Å². The first-order valence-corrected chi connectivity index (χ1v) is 39.2. The molecule has 0 aromatic rings. The minimum absolute atomic E-state index is 0. The van der Waals surface area contributed by atoms with Crippen LogP contribution in [0.2, 0.25) is 0 Å². The summed E-state index contributed by atoms with van der Waals surface area (Å²) >= 11 is 0. The molecule has 0 bridgehead atoms. The van der Waals surface area contributed by atoms with E-state index < -0.39 is 123 Å². The molecule has 0 aromatic carbocycles. The van der Waals surface area contributed by atoms with Crippen molar-refractivity contribution in [3.8, 4) is 0 Å².